The summed E-state index contributed by atoms with van der Waals surface area (Å²) in [7, 11) is 0. The second-order valence-corrected chi connectivity index (χ2v) is 3.54. The van der Waals surface area contributed by atoms with Crippen LogP contribution in [-0.4, -0.2) is 29.9 Å². The van der Waals surface area contributed by atoms with E-state index in [9.17, 15) is 9.59 Å². The smallest absolute Gasteiger partial charge is 0.248 e. The Balaban J connectivity index is 2.41. The predicted octanol–water partition coefficient (Wildman–Crippen LogP) is 0.764. The van der Waals surface area contributed by atoms with Gasteiger partial charge in [0.1, 0.15) is 6.29 Å². The Hall–Kier alpha value is -0.900. The lowest BCUT2D eigenvalue weighted by Crippen LogP contribution is -2.25. The number of aldehydes is 1. The summed E-state index contributed by atoms with van der Waals surface area (Å²) in [6.45, 7) is 4.41. The van der Waals surface area contributed by atoms with Crippen molar-refractivity contribution < 1.29 is 14.4 Å². The van der Waals surface area contributed by atoms with Crippen LogP contribution in [0.15, 0.2) is 0 Å². The highest BCUT2D eigenvalue weighted by molar-refractivity contribution is 5.77. The van der Waals surface area contributed by atoms with Gasteiger partial charge in [0.2, 0.25) is 5.91 Å². The summed E-state index contributed by atoms with van der Waals surface area (Å²) >= 11 is 0. The number of amides is 1. The summed E-state index contributed by atoms with van der Waals surface area (Å²) in [5, 5.41) is 1.30. The first kappa shape index (κ1) is 10.2. The summed E-state index contributed by atoms with van der Waals surface area (Å²) in [6, 6.07) is 0. The minimum absolute atomic E-state index is 0.0134. The molecule has 1 unspecified atom stereocenters. The first-order chi connectivity index (χ1) is 6.15. The fourth-order valence-electron chi connectivity index (χ4n) is 1.24. The molecule has 0 radical (unpaired) electrons. The SMILES string of the molecule is CC(C)C1CC(=O)N(CCC=O)O1. The molecule has 4 nitrogen and oxygen atoms in total. The second kappa shape index (κ2) is 4.37. The summed E-state index contributed by atoms with van der Waals surface area (Å²) in [5.74, 6) is 0.325. The van der Waals surface area contributed by atoms with E-state index in [1.54, 1.807) is 0 Å². The van der Waals surface area contributed by atoms with Crippen LogP contribution in [0.5, 0.6) is 0 Å². The van der Waals surface area contributed by atoms with E-state index in [-0.39, 0.29) is 12.0 Å². The zero-order chi connectivity index (χ0) is 9.84. The van der Waals surface area contributed by atoms with Gasteiger partial charge in [0, 0.05) is 6.42 Å². The maximum atomic E-state index is 11.3. The molecule has 1 atom stereocenters. The molecule has 0 aromatic heterocycles. The summed E-state index contributed by atoms with van der Waals surface area (Å²) < 4.78 is 0. The molecule has 0 aliphatic carbocycles. The molecule has 13 heavy (non-hydrogen) atoms. The molecule has 0 saturated carbocycles. The van der Waals surface area contributed by atoms with Gasteiger partial charge in [-0.2, -0.15) is 0 Å². The van der Waals surface area contributed by atoms with E-state index in [1.807, 2.05) is 13.8 Å². The number of rotatable bonds is 4. The highest BCUT2D eigenvalue weighted by atomic mass is 16.7. The van der Waals surface area contributed by atoms with Crippen molar-refractivity contribution in [1.82, 2.24) is 5.06 Å². The quantitative estimate of drug-likeness (QED) is 0.607. The van der Waals surface area contributed by atoms with Gasteiger partial charge in [0.15, 0.2) is 0 Å². The van der Waals surface area contributed by atoms with Gasteiger partial charge >= 0.3 is 0 Å². The molecule has 4 heteroatoms. The molecule has 0 N–H and O–H groups in total. The molecular weight excluding hydrogens is 170 g/mol. The van der Waals surface area contributed by atoms with Gasteiger partial charge in [-0.3, -0.25) is 9.63 Å². The largest absolute Gasteiger partial charge is 0.303 e. The molecule has 0 aromatic carbocycles. The molecule has 0 bridgehead atoms. The van der Waals surface area contributed by atoms with Crippen LogP contribution in [0, 0.1) is 5.92 Å². The van der Waals surface area contributed by atoms with E-state index >= 15 is 0 Å². The lowest BCUT2D eigenvalue weighted by molar-refractivity contribution is -0.177. The van der Waals surface area contributed by atoms with Crippen molar-refractivity contribution in [3.63, 3.8) is 0 Å². The van der Waals surface area contributed by atoms with Gasteiger partial charge in [0.05, 0.1) is 19.1 Å². The zero-order valence-corrected chi connectivity index (χ0v) is 8.03. The van der Waals surface area contributed by atoms with Crippen molar-refractivity contribution in [3.05, 3.63) is 0 Å². The highest BCUT2D eigenvalue weighted by Gasteiger charge is 2.32. The van der Waals surface area contributed by atoms with Crippen LogP contribution in [0.25, 0.3) is 0 Å². The molecular formula is C9H15NO3. The third kappa shape index (κ3) is 2.52. The van der Waals surface area contributed by atoms with E-state index in [2.05, 4.69) is 0 Å². The van der Waals surface area contributed by atoms with Crippen molar-refractivity contribution in [2.75, 3.05) is 6.54 Å². The normalized spacial score (nSPS) is 22.8. The van der Waals surface area contributed by atoms with Crippen LogP contribution in [0.4, 0.5) is 0 Å². The second-order valence-electron chi connectivity index (χ2n) is 3.54. The maximum Gasteiger partial charge on any atom is 0.248 e. The van der Waals surface area contributed by atoms with Crippen LogP contribution in [0.1, 0.15) is 26.7 Å². The highest BCUT2D eigenvalue weighted by Crippen LogP contribution is 2.21. The molecule has 1 aliphatic rings. The van der Waals surface area contributed by atoms with Gasteiger partial charge in [0.25, 0.3) is 0 Å². The van der Waals surface area contributed by atoms with Gasteiger partial charge in [-0.15, -0.1) is 0 Å². The third-order valence-corrected chi connectivity index (χ3v) is 2.11. The fraction of sp³-hybridized carbons (Fsp3) is 0.778. The van der Waals surface area contributed by atoms with Crippen LogP contribution >= 0.6 is 0 Å². The van der Waals surface area contributed by atoms with Crippen LogP contribution < -0.4 is 0 Å². The minimum atomic E-state index is -0.0147. The monoisotopic (exact) mass is 185 g/mol. The molecule has 0 spiro atoms. The predicted molar refractivity (Wildman–Crippen MR) is 46.7 cm³/mol. The Morgan fingerprint density at radius 3 is 2.85 bits per heavy atom. The van der Waals surface area contributed by atoms with Gasteiger partial charge in [-0.25, -0.2) is 5.06 Å². The lowest BCUT2D eigenvalue weighted by Gasteiger charge is -2.16. The molecule has 74 valence electrons. The molecule has 1 heterocycles. The standard InChI is InChI=1S/C9H15NO3/c1-7(2)8-6-9(12)10(13-8)4-3-5-11/h5,7-8H,3-4,6H2,1-2H3. The van der Waals surface area contributed by atoms with Crippen molar-refractivity contribution >= 4 is 12.2 Å². The molecule has 1 aliphatic heterocycles. The van der Waals surface area contributed by atoms with E-state index < -0.39 is 0 Å². The van der Waals surface area contributed by atoms with Gasteiger partial charge < -0.3 is 4.79 Å². The molecule has 1 saturated heterocycles. The molecule has 1 fully saturated rings. The Labute approximate surface area is 77.8 Å². The van der Waals surface area contributed by atoms with Gasteiger partial charge in [-0.1, -0.05) is 13.8 Å². The number of nitrogens with zero attached hydrogens (tertiary/aromatic N) is 1. The Bertz CT molecular complexity index is 203. The number of hydrogen-bond donors (Lipinski definition) is 0. The van der Waals surface area contributed by atoms with Crippen LogP contribution in [0.2, 0.25) is 0 Å². The first-order valence-corrected chi connectivity index (χ1v) is 4.56. The summed E-state index contributed by atoms with van der Waals surface area (Å²) in [4.78, 5) is 26.7. The van der Waals surface area contributed by atoms with E-state index in [0.717, 1.165) is 6.29 Å². The average Bonchev–Trinajstić information content (AvgIpc) is 2.44. The van der Waals surface area contributed by atoms with Crippen molar-refractivity contribution in [3.8, 4) is 0 Å². The summed E-state index contributed by atoms with van der Waals surface area (Å²) in [5.41, 5.74) is 0. The zero-order valence-electron chi connectivity index (χ0n) is 8.03. The molecule has 1 amide bonds. The number of carbonyl (C=O) groups excluding carboxylic acids is 2. The average molecular weight is 185 g/mol. The van der Waals surface area contributed by atoms with Crippen LogP contribution in [-0.2, 0) is 14.4 Å². The van der Waals surface area contributed by atoms with Crippen molar-refractivity contribution in [2.45, 2.75) is 32.8 Å². The third-order valence-electron chi connectivity index (χ3n) is 2.11. The van der Waals surface area contributed by atoms with Crippen LogP contribution in [0.3, 0.4) is 0 Å². The Kier molecular flexibility index (Phi) is 3.42. The maximum absolute atomic E-state index is 11.3. The fourth-order valence-corrected chi connectivity index (χ4v) is 1.24. The minimum Gasteiger partial charge on any atom is -0.303 e. The molecule has 1 rings (SSSR count). The summed E-state index contributed by atoms with van der Waals surface area (Å²) in [6.07, 6.45) is 1.56. The van der Waals surface area contributed by atoms with Crippen molar-refractivity contribution in [2.24, 2.45) is 5.92 Å². The first-order valence-electron chi connectivity index (χ1n) is 4.56. The van der Waals surface area contributed by atoms with E-state index in [0.29, 0.717) is 25.3 Å². The van der Waals surface area contributed by atoms with Gasteiger partial charge in [-0.05, 0) is 5.92 Å². The number of carbonyl (C=O) groups is 2. The topological polar surface area (TPSA) is 46.6 Å². The van der Waals surface area contributed by atoms with Crippen molar-refractivity contribution in [1.29, 1.82) is 0 Å². The van der Waals surface area contributed by atoms with E-state index in [4.69, 9.17) is 4.84 Å². The lowest BCUT2D eigenvalue weighted by atomic mass is 10.1. The Morgan fingerprint density at radius 1 is 1.69 bits per heavy atom. The number of hydroxylamine groups is 2. The van der Waals surface area contributed by atoms with E-state index in [1.165, 1.54) is 5.06 Å². The Morgan fingerprint density at radius 2 is 2.38 bits per heavy atom. The number of hydrogen-bond acceptors (Lipinski definition) is 3. The molecule has 0 aromatic rings.